The molecule has 0 aliphatic carbocycles. The van der Waals surface area contributed by atoms with Crippen molar-refractivity contribution in [2.24, 2.45) is 0 Å². The molecule has 0 saturated carbocycles. The number of hydrogen-bond acceptors (Lipinski definition) is 5. The monoisotopic (exact) mass is 304 g/mol. The summed E-state index contributed by atoms with van der Waals surface area (Å²) in [7, 11) is 0. The molecule has 4 nitrogen and oxygen atoms in total. The molecule has 0 bridgehead atoms. The normalized spacial score (nSPS) is 10.6. The largest absolute Gasteiger partial charge is 0.478 e. The Morgan fingerprint density at radius 2 is 2.33 bits per heavy atom. The predicted octanol–water partition coefficient (Wildman–Crippen LogP) is 3.32. The molecule has 1 aromatic heterocycles. The molecule has 0 radical (unpaired) electrons. The number of carbonyl (C=O) groups is 1. The third kappa shape index (κ3) is 2.98. The van der Waals surface area contributed by atoms with Crippen molar-refractivity contribution in [3.8, 4) is 0 Å². The van der Waals surface area contributed by atoms with Gasteiger partial charge < -0.3 is 5.11 Å². The van der Waals surface area contributed by atoms with Gasteiger partial charge in [-0.2, -0.15) is 0 Å². The number of halogens is 2. The molecule has 1 N–H and O–H groups in total. The molecule has 8 heteroatoms. The SMILES string of the molecule is O=C(O)c1ccc(F)c(SCc2nnsc2Cl)c1. The second-order valence-corrected chi connectivity index (χ2v) is 5.61. The second-order valence-electron chi connectivity index (χ2n) is 3.23. The zero-order chi connectivity index (χ0) is 13.1. The van der Waals surface area contributed by atoms with Gasteiger partial charge >= 0.3 is 5.97 Å². The van der Waals surface area contributed by atoms with E-state index in [2.05, 4.69) is 9.59 Å². The lowest BCUT2D eigenvalue weighted by atomic mass is 10.2. The zero-order valence-electron chi connectivity index (χ0n) is 8.76. The number of nitrogens with zero attached hydrogens (tertiary/aromatic N) is 2. The molecule has 0 aliphatic heterocycles. The van der Waals surface area contributed by atoms with E-state index in [1.807, 2.05) is 0 Å². The van der Waals surface area contributed by atoms with Gasteiger partial charge in [0.2, 0.25) is 0 Å². The van der Waals surface area contributed by atoms with Crippen molar-refractivity contribution in [3.05, 3.63) is 39.6 Å². The average molecular weight is 305 g/mol. The maximum Gasteiger partial charge on any atom is 0.335 e. The standard InChI is InChI=1S/C10H6ClFN2O2S2/c11-9-7(13-14-18-9)4-17-8-3-5(10(15)16)1-2-6(8)12/h1-3H,4H2,(H,15,16). The van der Waals surface area contributed by atoms with E-state index >= 15 is 0 Å². The maximum atomic E-state index is 13.5. The molecule has 2 aromatic rings. The quantitative estimate of drug-likeness (QED) is 0.878. The fraction of sp³-hybridized carbons (Fsp3) is 0.100. The smallest absolute Gasteiger partial charge is 0.335 e. The van der Waals surface area contributed by atoms with E-state index < -0.39 is 11.8 Å². The number of carboxylic acid groups (broad SMARTS) is 1. The van der Waals surface area contributed by atoms with Crippen LogP contribution < -0.4 is 0 Å². The second kappa shape index (κ2) is 5.64. The highest BCUT2D eigenvalue weighted by atomic mass is 35.5. The molecule has 2 rings (SSSR count). The van der Waals surface area contributed by atoms with Crippen molar-refractivity contribution in [1.82, 2.24) is 9.59 Å². The average Bonchev–Trinajstić information content (AvgIpc) is 2.73. The molecule has 0 atom stereocenters. The zero-order valence-corrected chi connectivity index (χ0v) is 11.2. The van der Waals surface area contributed by atoms with Gasteiger partial charge in [0.05, 0.1) is 5.56 Å². The Morgan fingerprint density at radius 3 is 2.94 bits per heavy atom. The number of aromatic nitrogens is 2. The van der Waals surface area contributed by atoms with E-state index in [9.17, 15) is 9.18 Å². The lowest BCUT2D eigenvalue weighted by Crippen LogP contribution is -1.97. The topological polar surface area (TPSA) is 63.1 Å². The molecule has 0 saturated heterocycles. The Bertz CT molecular complexity index is 591. The predicted molar refractivity (Wildman–Crippen MR) is 67.8 cm³/mol. The summed E-state index contributed by atoms with van der Waals surface area (Å²) in [5.41, 5.74) is 0.605. The van der Waals surface area contributed by atoms with Gasteiger partial charge in [0.25, 0.3) is 0 Å². The lowest BCUT2D eigenvalue weighted by Gasteiger charge is -2.03. The first-order valence-corrected chi connectivity index (χ1v) is 6.84. The number of thioether (sulfide) groups is 1. The number of benzene rings is 1. The van der Waals surface area contributed by atoms with Gasteiger partial charge in [-0.25, -0.2) is 9.18 Å². The first-order chi connectivity index (χ1) is 8.58. The Balaban J connectivity index is 2.16. The molecule has 0 unspecified atom stereocenters. The van der Waals surface area contributed by atoms with Gasteiger partial charge in [0.15, 0.2) is 0 Å². The summed E-state index contributed by atoms with van der Waals surface area (Å²) in [6, 6.07) is 3.64. The molecule has 0 spiro atoms. The van der Waals surface area contributed by atoms with Crippen LogP contribution in [0.1, 0.15) is 16.1 Å². The number of carboxylic acids is 1. The van der Waals surface area contributed by atoms with Crippen LogP contribution in [0.3, 0.4) is 0 Å². The molecule has 94 valence electrons. The van der Waals surface area contributed by atoms with Crippen LogP contribution in [0.4, 0.5) is 4.39 Å². The van der Waals surface area contributed by atoms with Crippen LogP contribution >= 0.6 is 34.9 Å². The number of rotatable bonds is 4. The minimum absolute atomic E-state index is 0.0430. The third-order valence-electron chi connectivity index (χ3n) is 2.05. The van der Waals surface area contributed by atoms with Crippen LogP contribution in [0.15, 0.2) is 23.1 Å². The molecule has 0 fully saturated rings. The van der Waals surface area contributed by atoms with Crippen LogP contribution in [0.25, 0.3) is 0 Å². The summed E-state index contributed by atoms with van der Waals surface area (Å²) in [5, 5.41) is 12.6. The molecule has 1 heterocycles. The Labute approximate surface area is 115 Å². The van der Waals surface area contributed by atoms with Crippen molar-refractivity contribution in [3.63, 3.8) is 0 Å². The lowest BCUT2D eigenvalue weighted by molar-refractivity contribution is 0.0696. The third-order valence-corrected chi connectivity index (χ3v) is 4.08. The van der Waals surface area contributed by atoms with Crippen LogP contribution in [-0.2, 0) is 5.75 Å². The Hall–Kier alpha value is -1.18. The van der Waals surface area contributed by atoms with E-state index in [0.717, 1.165) is 29.4 Å². The highest BCUT2D eigenvalue weighted by Gasteiger charge is 2.11. The van der Waals surface area contributed by atoms with Gasteiger partial charge in [-0.1, -0.05) is 16.1 Å². The van der Waals surface area contributed by atoms with Crippen LogP contribution in [0.2, 0.25) is 4.34 Å². The molecule has 0 aliphatic rings. The molecule has 1 aromatic carbocycles. The van der Waals surface area contributed by atoms with Crippen molar-refractivity contribution in [1.29, 1.82) is 0 Å². The van der Waals surface area contributed by atoms with Gasteiger partial charge in [0.1, 0.15) is 15.8 Å². The summed E-state index contributed by atoms with van der Waals surface area (Å²) in [6.45, 7) is 0. The molecule has 18 heavy (non-hydrogen) atoms. The summed E-state index contributed by atoms with van der Waals surface area (Å²) in [6.07, 6.45) is 0. The number of hydrogen-bond donors (Lipinski definition) is 1. The van der Waals surface area contributed by atoms with E-state index in [1.165, 1.54) is 12.1 Å². The number of aromatic carboxylic acids is 1. The summed E-state index contributed by atoms with van der Waals surface area (Å²) in [5.74, 6) is -1.22. The van der Waals surface area contributed by atoms with Crippen molar-refractivity contribution in [2.75, 3.05) is 0 Å². The van der Waals surface area contributed by atoms with Crippen LogP contribution in [0, 0.1) is 5.82 Å². The minimum Gasteiger partial charge on any atom is -0.478 e. The van der Waals surface area contributed by atoms with Crippen LogP contribution in [0.5, 0.6) is 0 Å². The Morgan fingerprint density at radius 1 is 1.56 bits per heavy atom. The van der Waals surface area contributed by atoms with Crippen molar-refractivity contribution >= 4 is 40.9 Å². The summed E-state index contributed by atoms with van der Waals surface area (Å²) < 4.78 is 17.6. The molecule has 0 amide bonds. The van der Waals surface area contributed by atoms with E-state index in [4.69, 9.17) is 16.7 Å². The first-order valence-electron chi connectivity index (χ1n) is 4.70. The first kappa shape index (κ1) is 13.3. The minimum atomic E-state index is -1.09. The van der Waals surface area contributed by atoms with E-state index in [0.29, 0.717) is 15.8 Å². The van der Waals surface area contributed by atoms with Gasteiger partial charge in [-0.15, -0.1) is 16.9 Å². The highest BCUT2D eigenvalue weighted by molar-refractivity contribution is 7.98. The summed E-state index contributed by atoms with van der Waals surface area (Å²) in [4.78, 5) is 11.0. The highest BCUT2D eigenvalue weighted by Crippen LogP contribution is 2.29. The van der Waals surface area contributed by atoms with Gasteiger partial charge in [-0.3, -0.25) is 0 Å². The fourth-order valence-electron chi connectivity index (χ4n) is 1.18. The molecular weight excluding hydrogens is 299 g/mol. The fourth-order valence-corrected chi connectivity index (χ4v) is 2.88. The van der Waals surface area contributed by atoms with Gasteiger partial charge in [-0.05, 0) is 18.2 Å². The van der Waals surface area contributed by atoms with E-state index in [1.54, 1.807) is 0 Å². The van der Waals surface area contributed by atoms with Crippen LogP contribution in [-0.4, -0.2) is 20.7 Å². The maximum absolute atomic E-state index is 13.5. The Kier molecular flexibility index (Phi) is 4.15. The van der Waals surface area contributed by atoms with Crippen molar-refractivity contribution < 1.29 is 14.3 Å². The van der Waals surface area contributed by atoms with Gasteiger partial charge in [0, 0.05) is 22.2 Å². The summed E-state index contributed by atoms with van der Waals surface area (Å²) >= 11 is 8.01. The molecular formula is C10H6ClFN2O2S2. The van der Waals surface area contributed by atoms with Crippen molar-refractivity contribution in [2.45, 2.75) is 10.6 Å². The van der Waals surface area contributed by atoms with E-state index in [-0.39, 0.29) is 10.5 Å².